The van der Waals surface area contributed by atoms with Gasteiger partial charge in [0.25, 0.3) is 5.91 Å². The fraction of sp³-hybridized carbons (Fsp3) is 0.364. The predicted molar refractivity (Wildman–Crippen MR) is 121 cm³/mol. The summed E-state index contributed by atoms with van der Waals surface area (Å²) in [7, 11) is 2.12. The summed E-state index contributed by atoms with van der Waals surface area (Å²) in [6, 6.07) is 12.2. The molecule has 2 aromatic rings. The van der Waals surface area contributed by atoms with Crippen molar-refractivity contribution in [2.24, 2.45) is 0 Å². The zero-order chi connectivity index (χ0) is 21.7. The number of carbonyl (C=O) groups is 2. The fourth-order valence-electron chi connectivity index (χ4n) is 3.37. The molecule has 1 heterocycles. The summed E-state index contributed by atoms with van der Waals surface area (Å²) < 4.78 is 0. The third-order valence-corrected chi connectivity index (χ3v) is 6.04. The fourth-order valence-corrected chi connectivity index (χ4v) is 3.76. The van der Waals surface area contributed by atoms with Crippen LogP contribution in [-0.2, 0) is 11.3 Å². The van der Waals surface area contributed by atoms with Crippen molar-refractivity contribution in [2.75, 3.05) is 38.1 Å². The van der Waals surface area contributed by atoms with Crippen LogP contribution in [0, 0.1) is 0 Å². The number of benzene rings is 2. The van der Waals surface area contributed by atoms with E-state index in [4.69, 9.17) is 23.2 Å². The van der Waals surface area contributed by atoms with Crippen LogP contribution >= 0.6 is 23.2 Å². The first-order chi connectivity index (χ1) is 14.4. The minimum Gasteiger partial charge on any atom is -0.369 e. The Bertz CT molecular complexity index is 914. The van der Waals surface area contributed by atoms with E-state index in [1.54, 1.807) is 25.1 Å². The molecule has 2 aromatic carbocycles. The molecule has 6 nitrogen and oxygen atoms in total. The van der Waals surface area contributed by atoms with E-state index in [9.17, 15) is 9.59 Å². The number of hydrogen-bond acceptors (Lipinski definition) is 4. The second-order valence-electron chi connectivity index (χ2n) is 7.43. The first-order valence-electron chi connectivity index (χ1n) is 9.91. The normalized spacial score (nSPS) is 15.5. The molecule has 0 aliphatic carbocycles. The number of halogens is 2. The molecule has 8 heteroatoms. The molecule has 0 bridgehead atoms. The van der Waals surface area contributed by atoms with Crippen molar-refractivity contribution in [3.05, 3.63) is 63.6 Å². The van der Waals surface area contributed by atoms with Gasteiger partial charge in [-0.25, -0.2) is 0 Å². The van der Waals surface area contributed by atoms with Crippen LogP contribution in [0.4, 0.5) is 5.69 Å². The van der Waals surface area contributed by atoms with Crippen molar-refractivity contribution < 1.29 is 9.59 Å². The maximum absolute atomic E-state index is 12.6. The lowest BCUT2D eigenvalue weighted by Gasteiger charge is -2.35. The number of nitrogens with one attached hydrogen (secondary N) is 2. The van der Waals surface area contributed by atoms with Crippen LogP contribution in [0.15, 0.2) is 42.5 Å². The Morgan fingerprint density at radius 1 is 1.03 bits per heavy atom. The van der Waals surface area contributed by atoms with Gasteiger partial charge >= 0.3 is 0 Å². The van der Waals surface area contributed by atoms with Gasteiger partial charge in [-0.15, -0.1) is 0 Å². The molecule has 3 rings (SSSR count). The minimum atomic E-state index is -0.719. The van der Waals surface area contributed by atoms with Crippen LogP contribution in [0.25, 0.3) is 0 Å². The highest BCUT2D eigenvalue weighted by Crippen LogP contribution is 2.25. The number of para-hydroxylation sites is 1. The van der Waals surface area contributed by atoms with Crippen LogP contribution in [0.3, 0.4) is 0 Å². The summed E-state index contributed by atoms with van der Waals surface area (Å²) in [5.74, 6) is -0.710. The highest BCUT2D eigenvalue weighted by atomic mass is 35.5. The Labute approximate surface area is 187 Å². The maximum Gasteiger partial charge on any atom is 0.253 e. The van der Waals surface area contributed by atoms with Gasteiger partial charge in [0.15, 0.2) is 0 Å². The van der Waals surface area contributed by atoms with E-state index in [0.717, 1.165) is 37.4 Å². The molecule has 0 saturated carbocycles. The van der Waals surface area contributed by atoms with E-state index in [-0.39, 0.29) is 16.5 Å². The zero-order valence-electron chi connectivity index (χ0n) is 17.1. The van der Waals surface area contributed by atoms with Crippen LogP contribution < -0.4 is 15.5 Å². The van der Waals surface area contributed by atoms with Crippen LogP contribution in [0.5, 0.6) is 0 Å². The van der Waals surface area contributed by atoms with Crippen LogP contribution in [0.1, 0.15) is 22.8 Å². The number of hydrogen-bond donors (Lipinski definition) is 2. The van der Waals surface area contributed by atoms with Gasteiger partial charge in [-0.1, -0.05) is 47.5 Å². The smallest absolute Gasteiger partial charge is 0.253 e. The molecule has 1 aliphatic heterocycles. The third-order valence-electron chi connectivity index (χ3n) is 5.23. The molecule has 2 N–H and O–H groups in total. The molecular formula is C22H26Cl2N4O2. The van der Waals surface area contributed by atoms with E-state index in [1.165, 1.54) is 0 Å². The second kappa shape index (κ2) is 10.2. The molecule has 1 saturated heterocycles. The van der Waals surface area contributed by atoms with E-state index in [1.807, 2.05) is 18.2 Å². The molecule has 0 radical (unpaired) electrons. The minimum absolute atomic E-state index is 0.172. The number of amides is 2. The van der Waals surface area contributed by atoms with E-state index in [0.29, 0.717) is 11.6 Å². The molecule has 160 valence electrons. The highest BCUT2D eigenvalue weighted by molar-refractivity contribution is 6.43. The molecular weight excluding hydrogens is 423 g/mol. The zero-order valence-corrected chi connectivity index (χ0v) is 18.6. The van der Waals surface area contributed by atoms with Gasteiger partial charge in [0, 0.05) is 38.4 Å². The van der Waals surface area contributed by atoms with Crippen LogP contribution in [-0.4, -0.2) is 56.0 Å². The number of piperazine rings is 1. The van der Waals surface area contributed by atoms with Crippen molar-refractivity contribution in [1.82, 2.24) is 15.5 Å². The molecule has 1 unspecified atom stereocenters. The van der Waals surface area contributed by atoms with Crippen molar-refractivity contribution in [3.8, 4) is 0 Å². The SMILES string of the molecule is CC(NC(=O)c1cccc(Cl)c1Cl)C(=O)NCc1ccccc1N1CCN(C)CC1. The van der Waals surface area contributed by atoms with Gasteiger partial charge in [0.05, 0.1) is 15.6 Å². The van der Waals surface area contributed by atoms with E-state index >= 15 is 0 Å². The molecule has 1 aliphatic rings. The summed E-state index contributed by atoms with van der Waals surface area (Å²) in [6.45, 7) is 5.95. The average molecular weight is 449 g/mol. The lowest BCUT2D eigenvalue weighted by atomic mass is 10.1. The standard InChI is InChI=1S/C22H26Cl2N4O2/c1-15(26-22(30)17-7-5-8-18(23)20(17)24)21(29)25-14-16-6-3-4-9-19(16)28-12-10-27(2)11-13-28/h3-9,15H,10-14H2,1-2H3,(H,25,29)(H,26,30). The summed E-state index contributed by atoms with van der Waals surface area (Å²) in [5, 5.41) is 6.06. The molecule has 1 fully saturated rings. The topological polar surface area (TPSA) is 64.7 Å². The first kappa shape index (κ1) is 22.4. The molecule has 1 atom stereocenters. The van der Waals surface area contributed by atoms with Crippen molar-refractivity contribution in [1.29, 1.82) is 0 Å². The average Bonchev–Trinajstić information content (AvgIpc) is 2.74. The number of likely N-dealkylation sites (N-methyl/N-ethyl adjacent to an activating group) is 1. The predicted octanol–water partition coefficient (Wildman–Crippen LogP) is 3.18. The van der Waals surface area contributed by atoms with Gasteiger partial charge < -0.3 is 20.4 Å². The monoisotopic (exact) mass is 448 g/mol. The van der Waals surface area contributed by atoms with Crippen LogP contribution in [0.2, 0.25) is 10.0 Å². The number of carbonyl (C=O) groups excluding carboxylic acids is 2. The van der Waals surface area contributed by atoms with Gasteiger partial charge in [0.2, 0.25) is 5.91 Å². The Kier molecular flexibility index (Phi) is 7.58. The first-order valence-corrected chi connectivity index (χ1v) is 10.7. The van der Waals surface area contributed by atoms with Crippen molar-refractivity contribution in [3.63, 3.8) is 0 Å². The number of nitrogens with zero attached hydrogens (tertiary/aromatic N) is 2. The van der Waals surface area contributed by atoms with Gasteiger partial charge in [-0.3, -0.25) is 9.59 Å². The van der Waals surface area contributed by atoms with E-state index < -0.39 is 11.9 Å². The summed E-state index contributed by atoms with van der Waals surface area (Å²) in [4.78, 5) is 29.7. The third kappa shape index (κ3) is 5.45. The van der Waals surface area contributed by atoms with Gasteiger partial charge in [-0.05, 0) is 37.7 Å². The Morgan fingerprint density at radius 3 is 2.47 bits per heavy atom. The Morgan fingerprint density at radius 2 is 1.73 bits per heavy atom. The molecule has 0 aromatic heterocycles. The van der Waals surface area contributed by atoms with Crippen molar-refractivity contribution >= 4 is 40.7 Å². The lowest BCUT2D eigenvalue weighted by Crippen LogP contribution is -2.46. The highest BCUT2D eigenvalue weighted by Gasteiger charge is 2.20. The maximum atomic E-state index is 12.6. The summed E-state index contributed by atoms with van der Waals surface area (Å²) >= 11 is 12.1. The van der Waals surface area contributed by atoms with Crippen molar-refractivity contribution in [2.45, 2.75) is 19.5 Å². The number of anilines is 1. The number of rotatable bonds is 6. The Hall–Kier alpha value is -2.28. The quantitative estimate of drug-likeness (QED) is 0.711. The van der Waals surface area contributed by atoms with Gasteiger partial charge in [0.1, 0.15) is 6.04 Å². The molecule has 2 amide bonds. The van der Waals surface area contributed by atoms with Gasteiger partial charge in [-0.2, -0.15) is 0 Å². The summed E-state index contributed by atoms with van der Waals surface area (Å²) in [6.07, 6.45) is 0. The molecule has 30 heavy (non-hydrogen) atoms. The second-order valence-corrected chi connectivity index (χ2v) is 8.22. The van der Waals surface area contributed by atoms with E-state index in [2.05, 4.69) is 33.5 Å². The lowest BCUT2D eigenvalue weighted by molar-refractivity contribution is -0.122. The molecule has 0 spiro atoms. The Balaban J connectivity index is 1.59. The summed E-state index contributed by atoms with van der Waals surface area (Å²) in [5.41, 5.74) is 2.42. The largest absolute Gasteiger partial charge is 0.369 e.